The van der Waals surface area contributed by atoms with E-state index in [9.17, 15) is 4.79 Å². The maximum atomic E-state index is 11.8. The van der Waals surface area contributed by atoms with Crippen molar-refractivity contribution in [1.82, 2.24) is 15.6 Å². The van der Waals surface area contributed by atoms with Crippen LogP contribution < -0.4 is 10.6 Å². The van der Waals surface area contributed by atoms with E-state index in [2.05, 4.69) is 15.6 Å². The van der Waals surface area contributed by atoms with Crippen molar-refractivity contribution >= 4 is 5.91 Å². The molecule has 0 fully saturated rings. The Balaban J connectivity index is 1.73. The third kappa shape index (κ3) is 3.96. The number of nitrogens with one attached hydrogen (secondary N) is 2. The van der Waals surface area contributed by atoms with E-state index in [4.69, 9.17) is 8.83 Å². The van der Waals surface area contributed by atoms with Gasteiger partial charge in [-0.05, 0) is 26.0 Å². The van der Waals surface area contributed by atoms with Gasteiger partial charge in [0.15, 0.2) is 0 Å². The summed E-state index contributed by atoms with van der Waals surface area (Å²) in [5.74, 6) is 1.96. The number of carbonyl (C=O) groups excluding carboxylic acids is 1. The molecule has 2 aromatic rings. The maximum Gasteiger partial charge on any atom is 0.237 e. The van der Waals surface area contributed by atoms with Gasteiger partial charge in [0.1, 0.15) is 11.5 Å². The van der Waals surface area contributed by atoms with E-state index in [-0.39, 0.29) is 11.9 Å². The molecule has 0 bridgehead atoms. The number of hydrogen-bond donors (Lipinski definition) is 2. The zero-order chi connectivity index (χ0) is 13.7. The first kappa shape index (κ1) is 13.4. The van der Waals surface area contributed by atoms with Crippen molar-refractivity contribution < 1.29 is 13.6 Å². The minimum Gasteiger partial charge on any atom is -0.467 e. The average molecular weight is 263 g/mol. The third-order valence-electron chi connectivity index (χ3n) is 2.64. The van der Waals surface area contributed by atoms with Gasteiger partial charge < -0.3 is 14.2 Å². The fourth-order valence-corrected chi connectivity index (χ4v) is 1.56. The number of aryl methyl sites for hydroxylation is 1. The fraction of sp³-hybridized carbons (Fsp3) is 0.385. The van der Waals surface area contributed by atoms with E-state index in [0.29, 0.717) is 19.0 Å². The zero-order valence-corrected chi connectivity index (χ0v) is 11.0. The number of aromatic nitrogens is 1. The first-order valence-electron chi connectivity index (χ1n) is 6.10. The van der Waals surface area contributed by atoms with E-state index in [1.807, 2.05) is 13.0 Å². The smallest absolute Gasteiger partial charge is 0.237 e. The Hall–Kier alpha value is -2.08. The Morgan fingerprint density at radius 3 is 2.95 bits per heavy atom. The molecule has 2 rings (SSSR count). The highest BCUT2D eigenvalue weighted by molar-refractivity contribution is 5.81. The summed E-state index contributed by atoms with van der Waals surface area (Å²) in [4.78, 5) is 15.9. The number of amides is 1. The Labute approximate surface area is 111 Å². The second-order valence-electron chi connectivity index (χ2n) is 4.26. The normalized spacial score (nSPS) is 12.3. The maximum absolute atomic E-state index is 11.8. The van der Waals surface area contributed by atoms with Crippen LogP contribution in [0.25, 0.3) is 0 Å². The molecule has 0 radical (unpaired) electrons. The Morgan fingerprint density at radius 1 is 1.47 bits per heavy atom. The second-order valence-corrected chi connectivity index (χ2v) is 4.26. The fourth-order valence-electron chi connectivity index (χ4n) is 1.56. The standard InChI is InChI=1S/C13H17N3O3/c1-9-6-15-12(19-9)8-14-10(2)13(17)16-7-11-4-3-5-18-11/h3-6,10,14H,7-8H2,1-2H3,(H,16,17). The van der Waals surface area contributed by atoms with Crippen LogP contribution >= 0.6 is 0 Å². The van der Waals surface area contributed by atoms with Gasteiger partial charge in [-0.2, -0.15) is 0 Å². The summed E-state index contributed by atoms with van der Waals surface area (Å²) in [5.41, 5.74) is 0. The van der Waals surface area contributed by atoms with Crippen LogP contribution in [0.5, 0.6) is 0 Å². The molecule has 1 unspecified atom stereocenters. The molecule has 1 amide bonds. The first-order chi connectivity index (χ1) is 9.15. The predicted molar refractivity (Wildman–Crippen MR) is 68.1 cm³/mol. The van der Waals surface area contributed by atoms with Gasteiger partial charge in [0.25, 0.3) is 0 Å². The highest BCUT2D eigenvalue weighted by Gasteiger charge is 2.13. The molecule has 0 spiro atoms. The van der Waals surface area contributed by atoms with Crippen molar-refractivity contribution in [3.8, 4) is 0 Å². The Bertz CT molecular complexity index is 519. The molecule has 102 valence electrons. The summed E-state index contributed by atoms with van der Waals surface area (Å²) < 4.78 is 10.4. The van der Waals surface area contributed by atoms with E-state index in [1.54, 1.807) is 25.5 Å². The van der Waals surface area contributed by atoms with Gasteiger partial charge in [-0.15, -0.1) is 0 Å². The van der Waals surface area contributed by atoms with E-state index < -0.39 is 0 Å². The lowest BCUT2D eigenvalue weighted by molar-refractivity contribution is -0.123. The van der Waals surface area contributed by atoms with Gasteiger partial charge in [0.2, 0.25) is 11.8 Å². The molecule has 0 aliphatic carbocycles. The Morgan fingerprint density at radius 2 is 2.32 bits per heavy atom. The lowest BCUT2D eigenvalue weighted by Gasteiger charge is -2.12. The molecule has 0 aromatic carbocycles. The first-order valence-corrected chi connectivity index (χ1v) is 6.10. The minimum atomic E-state index is -0.331. The zero-order valence-electron chi connectivity index (χ0n) is 11.0. The van der Waals surface area contributed by atoms with Gasteiger partial charge in [0, 0.05) is 0 Å². The van der Waals surface area contributed by atoms with E-state index in [1.165, 1.54) is 0 Å². The van der Waals surface area contributed by atoms with Crippen LogP contribution in [0.15, 0.2) is 33.4 Å². The lowest BCUT2D eigenvalue weighted by atomic mass is 10.3. The highest BCUT2D eigenvalue weighted by atomic mass is 16.4. The average Bonchev–Trinajstić information content (AvgIpc) is 3.04. The molecule has 2 aromatic heterocycles. The summed E-state index contributed by atoms with van der Waals surface area (Å²) >= 11 is 0. The Kier molecular flexibility index (Phi) is 4.35. The molecule has 19 heavy (non-hydrogen) atoms. The summed E-state index contributed by atoms with van der Waals surface area (Å²) in [6.45, 7) is 4.42. The van der Waals surface area contributed by atoms with Crippen LogP contribution in [0, 0.1) is 6.92 Å². The number of nitrogens with zero attached hydrogens (tertiary/aromatic N) is 1. The molecule has 2 N–H and O–H groups in total. The topological polar surface area (TPSA) is 80.3 Å². The van der Waals surface area contributed by atoms with E-state index >= 15 is 0 Å². The van der Waals surface area contributed by atoms with Crippen LogP contribution in [0.3, 0.4) is 0 Å². The monoisotopic (exact) mass is 263 g/mol. The molecule has 0 saturated heterocycles. The van der Waals surface area contributed by atoms with Gasteiger partial charge in [-0.3, -0.25) is 10.1 Å². The van der Waals surface area contributed by atoms with E-state index in [0.717, 1.165) is 11.5 Å². The van der Waals surface area contributed by atoms with Gasteiger partial charge in [-0.1, -0.05) is 0 Å². The molecular weight excluding hydrogens is 246 g/mol. The molecule has 1 atom stereocenters. The number of carbonyl (C=O) groups is 1. The molecular formula is C13H17N3O3. The van der Waals surface area contributed by atoms with Crippen LogP contribution in [-0.4, -0.2) is 16.9 Å². The van der Waals surface area contributed by atoms with Crippen molar-refractivity contribution in [1.29, 1.82) is 0 Å². The number of furan rings is 1. The minimum absolute atomic E-state index is 0.0975. The van der Waals surface area contributed by atoms with Crippen molar-refractivity contribution in [3.63, 3.8) is 0 Å². The van der Waals surface area contributed by atoms with Crippen molar-refractivity contribution in [2.45, 2.75) is 33.0 Å². The van der Waals surface area contributed by atoms with Crippen molar-refractivity contribution in [2.75, 3.05) is 0 Å². The summed E-state index contributed by atoms with van der Waals surface area (Å²) in [6.07, 6.45) is 3.23. The van der Waals surface area contributed by atoms with Crippen LogP contribution in [0.2, 0.25) is 0 Å². The largest absolute Gasteiger partial charge is 0.467 e. The quantitative estimate of drug-likeness (QED) is 0.822. The third-order valence-corrected chi connectivity index (χ3v) is 2.64. The van der Waals surface area contributed by atoms with Crippen LogP contribution in [-0.2, 0) is 17.9 Å². The molecule has 6 heteroatoms. The van der Waals surface area contributed by atoms with Gasteiger partial charge >= 0.3 is 0 Å². The SMILES string of the molecule is Cc1cnc(CNC(C)C(=O)NCc2ccco2)o1. The van der Waals surface area contributed by atoms with Gasteiger partial charge in [0.05, 0.1) is 31.6 Å². The van der Waals surface area contributed by atoms with Crippen LogP contribution in [0.1, 0.15) is 24.3 Å². The summed E-state index contributed by atoms with van der Waals surface area (Å²) in [6, 6.07) is 3.27. The van der Waals surface area contributed by atoms with Gasteiger partial charge in [-0.25, -0.2) is 4.98 Å². The van der Waals surface area contributed by atoms with Crippen molar-refractivity contribution in [3.05, 3.63) is 42.0 Å². The summed E-state index contributed by atoms with van der Waals surface area (Å²) in [5, 5.41) is 5.82. The molecule has 2 heterocycles. The highest BCUT2D eigenvalue weighted by Crippen LogP contribution is 2.02. The summed E-state index contributed by atoms with van der Waals surface area (Å²) in [7, 11) is 0. The molecule has 0 saturated carbocycles. The van der Waals surface area contributed by atoms with Crippen LogP contribution in [0.4, 0.5) is 0 Å². The van der Waals surface area contributed by atoms with Crippen molar-refractivity contribution in [2.24, 2.45) is 0 Å². The molecule has 0 aliphatic rings. The number of rotatable bonds is 6. The predicted octanol–water partition coefficient (Wildman–Crippen LogP) is 1.37. The number of hydrogen-bond acceptors (Lipinski definition) is 5. The molecule has 6 nitrogen and oxygen atoms in total. The number of oxazole rings is 1. The lowest BCUT2D eigenvalue weighted by Crippen LogP contribution is -2.41. The molecule has 0 aliphatic heterocycles. The second kappa shape index (κ2) is 6.19.